The van der Waals surface area contributed by atoms with Crippen LogP contribution in [-0.4, -0.2) is 48.3 Å². The van der Waals surface area contributed by atoms with E-state index in [0.717, 1.165) is 0 Å². The Labute approximate surface area is 158 Å². The average molecular weight is 375 g/mol. The van der Waals surface area contributed by atoms with Gasteiger partial charge in [-0.2, -0.15) is 0 Å². The molecule has 2 aliphatic heterocycles. The lowest BCUT2D eigenvalue weighted by Crippen LogP contribution is -2.46. The maximum Gasteiger partial charge on any atom is 0.228 e. The van der Waals surface area contributed by atoms with Gasteiger partial charge in [0.2, 0.25) is 17.7 Å². The maximum absolute atomic E-state index is 14.0. The second-order valence-electron chi connectivity index (χ2n) is 7.62. The lowest BCUT2D eigenvalue weighted by atomic mass is 9.94. The molecular weight excluding hydrogens is 349 g/mol. The Morgan fingerprint density at radius 2 is 1.81 bits per heavy atom. The van der Waals surface area contributed by atoms with Gasteiger partial charge in [0.25, 0.3) is 0 Å². The van der Waals surface area contributed by atoms with E-state index in [1.807, 2.05) is 13.8 Å². The number of anilines is 1. The molecule has 27 heavy (non-hydrogen) atoms. The van der Waals surface area contributed by atoms with E-state index in [-0.39, 0.29) is 48.3 Å². The van der Waals surface area contributed by atoms with E-state index in [1.165, 1.54) is 11.0 Å². The predicted octanol–water partition coefficient (Wildman–Crippen LogP) is 1.94. The summed E-state index contributed by atoms with van der Waals surface area (Å²) in [5.74, 6) is -1.26. The monoisotopic (exact) mass is 375 g/mol. The zero-order valence-electron chi connectivity index (χ0n) is 15.8. The molecule has 3 rings (SSSR count). The molecule has 1 aromatic rings. The molecule has 146 valence electrons. The molecule has 3 amide bonds. The molecule has 0 saturated carbocycles. The number of halogens is 1. The lowest BCUT2D eigenvalue weighted by molar-refractivity contribution is -0.139. The Bertz CT molecular complexity index is 729. The molecule has 0 radical (unpaired) electrons. The largest absolute Gasteiger partial charge is 0.354 e. The molecule has 0 spiro atoms. The molecule has 1 N–H and O–H groups in total. The van der Waals surface area contributed by atoms with Gasteiger partial charge in [-0.05, 0) is 38.8 Å². The number of hydrogen-bond acceptors (Lipinski definition) is 3. The van der Waals surface area contributed by atoms with E-state index in [4.69, 9.17) is 0 Å². The van der Waals surface area contributed by atoms with Gasteiger partial charge in [0.05, 0.1) is 11.6 Å². The van der Waals surface area contributed by atoms with Crippen LogP contribution < -0.4 is 10.2 Å². The lowest BCUT2D eigenvalue weighted by Gasteiger charge is -2.33. The minimum atomic E-state index is -0.462. The fraction of sp³-hybridized carbons (Fsp3) is 0.550. The van der Waals surface area contributed by atoms with Crippen LogP contribution in [0.3, 0.4) is 0 Å². The third kappa shape index (κ3) is 4.28. The molecule has 0 aromatic heterocycles. The van der Waals surface area contributed by atoms with Gasteiger partial charge in [-0.25, -0.2) is 4.39 Å². The normalized spacial score (nSPS) is 21.0. The number of nitrogens with zero attached hydrogens (tertiary/aromatic N) is 2. The SMILES string of the molecule is CC(C)NC(=O)C1CCN(C(=O)C2CC(=O)N(c3ccccc3F)C2)CC1. The van der Waals surface area contributed by atoms with Crippen LogP contribution in [0.1, 0.15) is 33.1 Å². The Balaban J connectivity index is 1.57. The van der Waals surface area contributed by atoms with E-state index >= 15 is 0 Å². The van der Waals surface area contributed by atoms with Crippen molar-refractivity contribution in [2.45, 2.75) is 39.2 Å². The highest BCUT2D eigenvalue weighted by Crippen LogP contribution is 2.29. The molecule has 0 aliphatic carbocycles. The number of carbonyl (C=O) groups excluding carboxylic acids is 3. The fourth-order valence-electron chi connectivity index (χ4n) is 3.80. The summed E-state index contributed by atoms with van der Waals surface area (Å²) in [4.78, 5) is 40.3. The van der Waals surface area contributed by atoms with Gasteiger partial charge in [0.1, 0.15) is 5.82 Å². The topological polar surface area (TPSA) is 69.7 Å². The van der Waals surface area contributed by atoms with Crippen molar-refractivity contribution < 1.29 is 18.8 Å². The number of likely N-dealkylation sites (tertiary alicyclic amines) is 1. The van der Waals surface area contributed by atoms with Gasteiger partial charge in [-0.15, -0.1) is 0 Å². The van der Waals surface area contributed by atoms with Crippen molar-refractivity contribution in [1.82, 2.24) is 10.2 Å². The number of nitrogens with one attached hydrogen (secondary N) is 1. The number of carbonyl (C=O) groups is 3. The van der Waals surface area contributed by atoms with Crippen LogP contribution >= 0.6 is 0 Å². The number of hydrogen-bond donors (Lipinski definition) is 1. The van der Waals surface area contributed by atoms with Crippen LogP contribution in [0.2, 0.25) is 0 Å². The van der Waals surface area contributed by atoms with Crippen molar-refractivity contribution in [3.8, 4) is 0 Å². The van der Waals surface area contributed by atoms with Gasteiger partial charge in [-0.3, -0.25) is 14.4 Å². The molecule has 1 unspecified atom stereocenters. The maximum atomic E-state index is 14.0. The predicted molar refractivity (Wildman–Crippen MR) is 99.4 cm³/mol. The molecule has 1 aromatic carbocycles. The highest BCUT2D eigenvalue weighted by atomic mass is 19.1. The first-order chi connectivity index (χ1) is 12.9. The van der Waals surface area contributed by atoms with Crippen LogP contribution in [0.15, 0.2) is 24.3 Å². The molecule has 2 fully saturated rings. The van der Waals surface area contributed by atoms with Gasteiger partial charge in [0, 0.05) is 38.0 Å². The molecular formula is C20H26FN3O3. The molecule has 6 nitrogen and oxygen atoms in total. The summed E-state index contributed by atoms with van der Waals surface area (Å²) in [5.41, 5.74) is 0.224. The number of piperidine rings is 1. The van der Waals surface area contributed by atoms with Crippen molar-refractivity contribution in [2.24, 2.45) is 11.8 Å². The van der Waals surface area contributed by atoms with Crippen LogP contribution in [0.4, 0.5) is 10.1 Å². The Morgan fingerprint density at radius 3 is 2.44 bits per heavy atom. The van der Waals surface area contributed by atoms with Crippen molar-refractivity contribution in [3.63, 3.8) is 0 Å². The summed E-state index contributed by atoms with van der Waals surface area (Å²) in [5, 5.41) is 2.92. The van der Waals surface area contributed by atoms with E-state index < -0.39 is 11.7 Å². The average Bonchev–Trinajstić information content (AvgIpc) is 3.02. The second-order valence-corrected chi connectivity index (χ2v) is 7.62. The number of para-hydroxylation sites is 1. The van der Waals surface area contributed by atoms with E-state index in [1.54, 1.807) is 23.1 Å². The summed E-state index contributed by atoms with van der Waals surface area (Å²) in [6.07, 6.45) is 1.35. The van der Waals surface area contributed by atoms with Gasteiger partial charge in [0.15, 0.2) is 0 Å². The second kappa shape index (κ2) is 8.06. The van der Waals surface area contributed by atoms with Crippen molar-refractivity contribution in [1.29, 1.82) is 0 Å². The number of rotatable bonds is 4. The first-order valence-corrected chi connectivity index (χ1v) is 9.51. The molecule has 2 heterocycles. The van der Waals surface area contributed by atoms with Gasteiger partial charge >= 0.3 is 0 Å². The Kier molecular flexibility index (Phi) is 5.77. The fourth-order valence-corrected chi connectivity index (χ4v) is 3.80. The molecule has 1 atom stereocenters. The molecule has 0 bridgehead atoms. The summed E-state index contributed by atoms with van der Waals surface area (Å²) in [6.45, 7) is 5.08. The van der Waals surface area contributed by atoms with Crippen molar-refractivity contribution >= 4 is 23.4 Å². The molecule has 2 saturated heterocycles. The Hall–Kier alpha value is -2.44. The van der Waals surface area contributed by atoms with Crippen molar-refractivity contribution in [3.05, 3.63) is 30.1 Å². The summed E-state index contributed by atoms with van der Waals surface area (Å²) >= 11 is 0. The summed E-state index contributed by atoms with van der Waals surface area (Å²) in [6, 6.07) is 6.21. The van der Waals surface area contributed by atoms with Gasteiger partial charge in [-0.1, -0.05) is 12.1 Å². The minimum absolute atomic E-state index is 0.0406. The number of amides is 3. The van der Waals surface area contributed by atoms with Crippen LogP contribution in [0, 0.1) is 17.7 Å². The van der Waals surface area contributed by atoms with Crippen LogP contribution in [0.25, 0.3) is 0 Å². The standard InChI is InChI=1S/C20H26FN3O3/c1-13(2)22-19(26)14-7-9-23(10-8-14)20(27)15-11-18(25)24(12-15)17-6-4-3-5-16(17)21/h3-6,13-15H,7-12H2,1-2H3,(H,22,26). The third-order valence-corrected chi connectivity index (χ3v) is 5.23. The first-order valence-electron chi connectivity index (χ1n) is 9.51. The summed E-state index contributed by atoms with van der Waals surface area (Å²) in [7, 11) is 0. The zero-order chi connectivity index (χ0) is 19.6. The van der Waals surface area contributed by atoms with E-state index in [2.05, 4.69) is 5.32 Å². The third-order valence-electron chi connectivity index (χ3n) is 5.23. The van der Waals surface area contributed by atoms with E-state index in [9.17, 15) is 18.8 Å². The minimum Gasteiger partial charge on any atom is -0.354 e. The van der Waals surface area contributed by atoms with Gasteiger partial charge < -0.3 is 15.1 Å². The summed E-state index contributed by atoms with van der Waals surface area (Å²) < 4.78 is 14.0. The molecule has 7 heteroatoms. The van der Waals surface area contributed by atoms with E-state index in [0.29, 0.717) is 25.9 Å². The highest BCUT2D eigenvalue weighted by molar-refractivity contribution is 6.00. The zero-order valence-corrected chi connectivity index (χ0v) is 15.8. The quantitative estimate of drug-likeness (QED) is 0.874. The first kappa shape index (κ1) is 19.3. The van der Waals surface area contributed by atoms with Crippen LogP contribution in [-0.2, 0) is 14.4 Å². The highest BCUT2D eigenvalue weighted by Gasteiger charge is 2.39. The smallest absolute Gasteiger partial charge is 0.228 e. The van der Waals surface area contributed by atoms with Crippen LogP contribution in [0.5, 0.6) is 0 Å². The molecule has 2 aliphatic rings. The Morgan fingerprint density at radius 1 is 1.15 bits per heavy atom. The number of benzene rings is 1. The van der Waals surface area contributed by atoms with Crippen molar-refractivity contribution in [2.75, 3.05) is 24.5 Å².